The number of carbonyl (C=O) groups excluding carboxylic acids is 2. The van der Waals surface area contributed by atoms with Gasteiger partial charge in [0.1, 0.15) is 0 Å². The average Bonchev–Trinajstić information content (AvgIpc) is 2.54. The molecule has 0 aliphatic rings. The van der Waals surface area contributed by atoms with Crippen molar-refractivity contribution in [2.45, 2.75) is 6.92 Å². The quantitative estimate of drug-likeness (QED) is 0.687. The van der Waals surface area contributed by atoms with Gasteiger partial charge in [0.05, 0.1) is 10.9 Å². The van der Waals surface area contributed by atoms with Crippen LogP contribution < -0.4 is 16.2 Å². The molecule has 2 amide bonds. The number of hydrogen-bond donors (Lipinski definition) is 3. The molecule has 7 nitrogen and oxygen atoms in total. The summed E-state index contributed by atoms with van der Waals surface area (Å²) in [4.78, 5) is 42.0. The first-order valence-corrected chi connectivity index (χ1v) is 7.21. The number of benzene rings is 2. The van der Waals surface area contributed by atoms with Crippen molar-refractivity contribution in [3.8, 4) is 0 Å². The second-order valence-electron chi connectivity index (χ2n) is 5.15. The Hall–Kier alpha value is -3.48. The Kier molecular flexibility index (Phi) is 4.07. The van der Waals surface area contributed by atoms with Crippen LogP contribution in [0, 0.1) is 0 Å². The van der Waals surface area contributed by atoms with Gasteiger partial charge in [-0.25, -0.2) is 4.98 Å². The van der Waals surface area contributed by atoms with Crippen molar-refractivity contribution in [3.63, 3.8) is 0 Å². The van der Waals surface area contributed by atoms with E-state index in [1.807, 2.05) is 0 Å². The van der Waals surface area contributed by atoms with E-state index in [1.165, 1.54) is 6.92 Å². The van der Waals surface area contributed by atoms with Crippen molar-refractivity contribution in [3.05, 3.63) is 64.7 Å². The van der Waals surface area contributed by atoms with Gasteiger partial charge in [-0.3, -0.25) is 14.4 Å². The third-order valence-electron chi connectivity index (χ3n) is 3.27. The van der Waals surface area contributed by atoms with Crippen LogP contribution in [0.25, 0.3) is 10.9 Å². The summed E-state index contributed by atoms with van der Waals surface area (Å²) in [5.41, 5.74) is 1.10. The van der Waals surface area contributed by atoms with Gasteiger partial charge in [-0.1, -0.05) is 18.2 Å². The fraction of sp³-hybridized carbons (Fsp3) is 0.0588. The van der Waals surface area contributed by atoms with E-state index in [0.29, 0.717) is 22.3 Å². The van der Waals surface area contributed by atoms with E-state index in [-0.39, 0.29) is 17.3 Å². The summed E-state index contributed by atoms with van der Waals surface area (Å²) in [6.07, 6.45) is 0. The van der Waals surface area contributed by atoms with Crippen LogP contribution in [-0.4, -0.2) is 21.8 Å². The zero-order chi connectivity index (χ0) is 17.1. The lowest BCUT2D eigenvalue weighted by Gasteiger charge is -2.08. The highest BCUT2D eigenvalue weighted by atomic mass is 16.2. The number of anilines is 2. The Labute approximate surface area is 136 Å². The predicted molar refractivity (Wildman–Crippen MR) is 91.1 cm³/mol. The van der Waals surface area contributed by atoms with E-state index >= 15 is 0 Å². The molecule has 0 radical (unpaired) electrons. The number of carbonyl (C=O) groups is 2. The fourth-order valence-electron chi connectivity index (χ4n) is 2.26. The van der Waals surface area contributed by atoms with E-state index in [4.69, 9.17) is 0 Å². The highest BCUT2D eigenvalue weighted by Crippen LogP contribution is 2.15. The van der Waals surface area contributed by atoms with Gasteiger partial charge in [0.25, 0.3) is 11.5 Å². The molecule has 0 spiro atoms. The number of rotatable bonds is 3. The average molecular weight is 322 g/mol. The molecule has 0 aliphatic carbocycles. The van der Waals surface area contributed by atoms with Crippen LogP contribution in [-0.2, 0) is 4.79 Å². The second-order valence-corrected chi connectivity index (χ2v) is 5.15. The summed E-state index contributed by atoms with van der Waals surface area (Å²) in [7, 11) is 0. The zero-order valence-electron chi connectivity index (χ0n) is 12.8. The first-order chi connectivity index (χ1) is 11.5. The molecule has 3 rings (SSSR count). The molecule has 1 aromatic heterocycles. The summed E-state index contributed by atoms with van der Waals surface area (Å²) in [6, 6.07) is 13.4. The monoisotopic (exact) mass is 322 g/mol. The number of para-hydroxylation sites is 1. The molecule has 0 saturated heterocycles. The van der Waals surface area contributed by atoms with Crippen LogP contribution >= 0.6 is 0 Å². The normalized spacial score (nSPS) is 10.4. The topological polar surface area (TPSA) is 104 Å². The molecule has 3 aromatic rings. The summed E-state index contributed by atoms with van der Waals surface area (Å²) in [5.74, 6) is -0.833. The minimum atomic E-state index is -0.544. The molecule has 0 bridgehead atoms. The van der Waals surface area contributed by atoms with Gasteiger partial charge in [0.2, 0.25) is 5.91 Å². The van der Waals surface area contributed by atoms with E-state index in [0.717, 1.165) is 0 Å². The zero-order valence-corrected chi connectivity index (χ0v) is 12.8. The fourth-order valence-corrected chi connectivity index (χ4v) is 2.26. The lowest BCUT2D eigenvalue weighted by molar-refractivity contribution is -0.114. The minimum absolute atomic E-state index is 0.0800. The Balaban J connectivity index is 1.87. The van der Waals surface area contributed by atoms with Crippen LogP contribution in [0.4, 0.5) is 11.4 Å². The van der Waals surface area contributed by atoms with Crippen LogP contribution in [0.1, 0.15) is 17.5 Å². The van der Waals surface area contributed by atoms with E-state index in [1.54, 1.807) is 48.5 Å². The second kappa shape index (κ2) is 6.33. The highest BCUT2D eigenvalue weighted by molar-refractivity contribution is 6.03. The van der Waals surface area contributed by atoms with Crippen LogP contribution in [0.5, 0.6) is 0 Å². The largest absolute Gasteiger partial charge is 0.326 e. The molecule has 3 N–H and O–H groups in total. The molecule has 120 valence electrons. The lowest BCUT2D eigenvalue weighted by Crippen LogP contribution is -2.21. The number of nitrogens with one attached hydrogen (secondary N) is 3. The van der Waals surface area contributed by atoms with E-state index in [2.05, 4.69) is 20.6 Å². The Morgan fingerprint density at radius 1 is 1.00 bits per heavy atom. The van der Waals surface area contributed by atoms with Crippen LogP contribution in [0.15, 0.2) is 53.3 Å². The molecule has 7 heteroatoms. The third-order valence-corrected chi connectivity index (χ3v) is 3.27. The van der Waals surface area contributed by atoms with Crippen LogP contribution in [0.2, 0.25) is 0 Å². The molecule has 0 atom stereocenters. The third kappa shape index (κ3) is 3.30. The predicted octanol–water partition coefficient (Wildman–Crippen LogP) is 2.13. The van der Waals surface area contributed by atoms with Gasteiger partial charge in [-0.05, 0) is 30.3 Å². The maximum absolute atomic E-state index is 12.3. The van der Waals surface area contributed by atoms with Gasteiger partial charge in [0, 0.05) is 18.3 Å². The number of amides is 2. The number of H-pyrrole nitrogens is 1. The van der Waals surface area contributed by atoms with Gasteiger partial charge >= 0.3 is 0 Å². The van der Waals surface area contributed by atoms with Crippen molar-refractivity contribution in [1.82, 2.24) is 9.97 Å². The molecule has 0 fully saturated rings. The van der Waals surface area contributed by atoms with Gasteiger partial charge in [-0.15, -0.1) is 0 Å². The molecule has 0 unspecified atom stereocenters. The molecular weight excluding hydrogens is 308 g/mol. The first kappa shape index (κ1) is 15.4. The number of hydrogen-bond acceptors (Lipinski definition) is 4. The molecule has 0 saturated carbocycles. The number of aromatic nitrogens is 2. The molecule has 24 heavy (non-hydrogen) atoms. The lowest BCUT2D eigenvalue weighted by atomic mass is 10.2. The standard InChI is InChI=1S/C17H14N4O3/c1-10(22)18-11-5-4-6-12(9-11)19-17(24)15-20-14-8-3-2-7-13(14)16(23)21-15/h2-9H,1H3,(H,18,22)(H,19,24)(H,20,21,23). The molecule has 2 aromatic carbocycles. The first-order valence-electron chi connectivity index (χ1n) is 7.21. The van der Waals surface area contributed by atoms with Gasteiger partial charge in [0.15, 0.2) is 5.82 Å². The number of fused-ring (bicyclic) bond motifs is 1. The van der Waals surface area contributed by atoms with Crippen molar-refractivity contribution in [1.29, 1.82) is 0 Å². The smallest absolute Gasteiger partial charge is 0.291 e. The highest BCUT2D eigenvalue weighted by Gasteiger charge is 2.12. The number of aromatic amines is 1. The summed E-state index contributed by atoms with van der Waals surface area (Å²) in [6.45, 7) is 1.40. The van der Waals surface area contributed by atoms with Crippen molar-refractivity contribution in [2.24, 2.45) is 0 Å². The maximum Gasteiger partial charge on any atom is 0.291 e. The SMILES string of the molecule is CC(=O)Nc1cccc(NC(=O)c2nc3ccccc3c(=O)[nH]2)c1. The van der Waals surface area contributed by atoms with Gasteiger partial charge in [-0.2, -0.15) is 0 Å². The maximum atomic E-state index is 12.3. The Bertz CT molecular complexity index is 994. The summed E-state index contributed by atoms with van der Waals surface area (Å²) >= 11 is 0. The van der Waals surface area contributed by atoms with E-state index < -0.39 is 5.91 Å². The number of nitrogens with zero attached hydrogens (tertiary/aromatic N) is 1. The molecular formula is C17H14N4O3. The van der Waals surface area contributed by atoms with E-state index in [9.17, 15) is 14.4 Å². The van der Waals surface area contributed by atoms with Crippen molar-refractivity contribution < 1.29 is 9.59 Å². The minimum Gasteiger partial charge on any atom is -0.326 e. The molecule has 1 heterocycles. The summed E-state index contributed by atoms with van der Waals surface area (Å²) in [5, 5.41) is 5.69. The van der Waals surface area contributed by atoms with Gasteiger partial charge < -0.3 is 15.6 Å². The van der Waals surface area contributed by atoms with Crippen molar-refractivity contribution in [2.75, 3.05) is 10.6 Å². The Morgan fingerprint density at radius 2 is 1.71 bits per heavy atom. The van der Waals surface area contributed by atoms with Crippen molar-refractivity contribution >= 4 is 34.1 Å². The Morgan fingerprint density at radius 3 is 2.46 bits per heavy atom. The van der Waals surface area contributed by atoms with Crippen LogP contribution in [0.3, 0.4) is 0 Å². The summed E-state index contributed by atoms with van der Waals surface area (Å²) < 4.78 is 0. The molecule has 0 aliphatic heterocycles.